The van der Waals surface area contributed by atoms with E-state index in [0.29, 0.717) is 22.2 Å². The predicted molar refractivity (Wildman–Crippen MR) is 110 cm³/mol. The van der Waals surface area contributed by atoms with Gasteiger partial charge in [0.05, 0.1) is 18.7 Å². The summed E-state index contributed by atoms with van der Waals surface area (Å²) in [5.41, 5.74) is 3.28. The van der Waals surface area contributed by atoms with Gasteiger partial charge in [0.1, 0.15) is 5.00 Å². The standard InChI is InChI=1S/C20H23ClN2O3S/c1-3-26-20(25)18-13-7-4-5-10-16(13)27-19(18)23-17(24)11-22-15-9-6-8-14(21)12(15)2/h6,8-9,22H,3-5,7,10-11H2,1-2H3,(H,23,24). The quantitative estimate of drug-likeness (QED) is 0.675. The molecule has 0 saturated heterocycles. The first kappa shape index (κ1) is 19.7. The molecule has 1 aromatic carbocycles. The van der Waals surface area contributed by atoms with Gasteiger partial charge < -0.3 is 15.4 Å². The first-order valence-corrected chi connectivity index (χ1v) is 10.3. The molecule has 0 fully saturated rings. The van der Waals surface area contributed by atoms with Crippen molar-refractivity contribution < 1.29 is 14.3 Å². The van der Waals surface area contributed by atoms with Crippen molar-refractivity contribution in [3.05, 3.63) is 44.8 Å². The van der Waals surface area contributed by atoms with Crippen LogP contribution in [0.4, 0.5) is 10.7 Å². The predicted octanol–water partition coefficient (Wildman–Crippen LogP) is 4.82. The molecule has 1 amide bonds. The molecule has 0 spiro atoms. The van der Waals surface area contributed by atoms with Crippen LogP contribution in [-0.4, -0.2) is 25.0 Å². The van der Waals surface area contributed by atoms with E-state index in [4.69, 9.17) is 16.3 Å². The number of nitrogens with one attached hydrogen (secondary N) is 2. The fourth-order valence-electron chi connectivity index (χ4n) is 3.22. The van der Waals surface area contributed by atoms with Gasteiger partial charge in [0.25, 0.3) is 0 Å². The Morgan fingerprint density at radius 1 is 1.26 bits per heavy atom. The van der Waals surface area contributed by atoms with E-state index >= 15 is 0 Å². The Morgan fingerprint density at radius 2 is 2.04 bits per heavy atom. The lowest BCUT2D eigenvalue weighted by Crippen LogP contribution is -2.23. The van der Waals surface area contributed by atoms with Crippen LogP contribution in [0, 0.1) is 6.92 Å². The molecular formula is C20H23ClN2O3S. The Labute approximate surface area is 168 Å². The van der Waals surface area contributed by atoms with E-state index in [1.54, 1.807) is 6.92 Å². The number of aryl methyl sites for hydroxylation is 1. The van der Waals surface area contributed by atoms with E-state index in [1.165, 1.54) is 16.2 Å². The Hall–Kier alpha value is -2.05. The third-order valence-corrected chi connectivity index (χ3v) is 6.23. The van der Waals surface area contributed by atoms with Crippen molar-refractivity contribution in [2.45, 2.75) is 39.5 Å². The molecule has 144 valence electrons. The number of benzene rings is 1. The van der Waals surface area contributed by atoms with E-state index in [-0.39, 0.29) is 18.4 Å². The van der Waals surface area contributed by atoms with Crippen LogP contribution in [0.5, 0.6) is 0 Å². The molecule has 7 heteroatoms. The molecule has 0 bridgehead atoms. The number of halogens is 1. The normalized spacial score (nSPS) is 13.0. The van der Waals surface area contributed by atoms with Crippen LogP contribution in [0.25, 0.3) is 0 Å². The summed E-state index contributed by atoms with van der Waals surface area (Å²) in [6, 6.07) is 5.52. The van der Waals surface area contributed by atoms with Gasteiger partial charge in [-0.15, -0.1) is 11.3 Å². The first-order chi connectivity index (χ1) is 13.0. The molecule has 1 aliphatic rings. The van der Waals surface area contributed by atoms with Crippen molar-refractivity contribution in [1.29, 1.82) is 0 Å². The molecule has 2 N–H and O–H groups in total. The number of ether oxygens (including phenoxy) is 1. The first-order valence-electron chi connectivity index (χ1n) is 9.11. The van der Waals surface area contributed by atoms with Gasteiger partial charge in [0, 0.05) is 15.6 Å². The molecular weight excluding hydrogens is 384 g/mol. The number of fused-ring (bicyclic) bond motifs is 1. The van der Waals surface area contributed by atoms with Gasteiger partial charge in [-0.2, -0.15) is 0 Å². The van der Waals surface area contributed by atoms with Crippen molar-refractivity contribution in [1.82, 2.24) is 0 Å². The molecule has 27 heavy (non-hydrogen) atoms. The maximum absolute atomic E-state index is 12.5. The van der Waals surface area contributed by atoms with Crippen molar-refractivity contribution in [3.63, 3.8) is 0 Å². The second-order valence-electron chi connectivity index (χ2n) is 6.45. The number of anilines is 2. The highest BCUT2D eigenvalue weighted by Crippen LogP contribution is 2.38. The van der Waals surface area contributed by atoms with Gasteiger partial charge in [-0.3, -0.25) is 4.79 Å². The molecule has 5 nitrogen and oxygen atoms in total. The molecule has 0 unspecified atom stereocenters. The zero-order valence-corrected chi connectivity index (χ0v) is 17.1. The molecule has 1 aliphatic carbocycles. The number of esters is 1. The Balaban J connectivity index is 1.74. The second kappa shape index (κ2) is 8.76. The Bertz CT molecular complexity index is 863. The molecule has 1 heterocycles. The minimum Gasteiger partial charge on any atom is -0.462 e. The fourth-order valence-corrected chi connectivity index (χ4v) is 4.69. The van der Waals surface area contributed by atoms with Crippen LogP contribution in [0.1, 0.15) is 46.1 Å². The average Bonchev–Trinajstić information content (AvgIpc) is 3.01. The summed E-state index contributed by atoms with van der Waals surface area (Å²) in [7, 11) is 0. The highest BCUT2D eigenvalue weighted by Gasteiger charge is 2.27. The van der Waals surface area contributed by atoms with Gasteiger partial charge in [-0.1, -0.05) is 17.7 Å². The molecule has 2 aromatic rings. The highest BCUT2D eigenvalue weighted by atomic mass is 35.5. The third-order valence-electron chi connectivity index (χ3n) is 4.61. The monoisotopic (exact) mass is 406 g/mol. The van der Waals surface area contributed by atoms with E-state index in [0.717, 1.165) is 42.5 Å². The number of rotatable bonds is 6. The van der Waals surface area contributed by atoms with E-state index in [2.05, 4.69) is 10.6 Å². The van der Waals surface area contributed by atoms with Gasteiger partial charge in [0.2, 0.25) is 5.91 Å². The largest absolute Gasteiger partial charge is 0.462 e. The topological polar surface area (TPSA) is 67.4 Å². The van der Waals surface area contributed by atoms with Gasteiger partial charge in [-0.05, 0) is 62.8 Å². The smallest absolute Gasteiger partial charge is 0.341 e. The zero-order valence-electron chi connectivity index (χ0n) is 15.5. The van der Waals surface area contributed by atoms with E-state index in [9.17, 15) is 9.59 Å². The van der Waals surface area contributed by atoms with Crippen molar-refractivity contribution >= 4 is 45.5 Å². The zero-order chi connectivity index (χ0) is 19.4. The van der Waals surface area contributed by atoms with Crippen LogP contribution in [0.2, 0.25) is 5.02 Å². The second-order valence-corrected chi connectivity index (χ2v) is 7.96. The molecule has 0 aliphatic heterocycles. The number of carbonyl (C=O) groups is 2. The van der Waals surface area contributed by atoms with E-state index < -0.39 is 0 Å². The summed E-state index contributed by atoms with van der Waals surface area (Å²) in [6.07, 6.45) is 3.97. The Morgan fingerprint density at radius 3 is 2.81 bits per heavy atom. The maximum Gasteiger partial charge on any atom is 0.341 e. The minimum atomic E-state index is -0.356. The summed E-state index contributed by atoms with van der Waals surface area (Å²) in [4.78, 5) is 26.1. The van der Waals surface area contributed by atoms with Gasteiger partial charge >= 0.3 is 5.97 Å². The van der Waals surface area contributed by atoms with Crippen molar-refractivity contribution in [2.24, 2.45) is 0 Å². The number of hydrogen-bond donors (Lipinski definition) is 2. The van der Waals surface area contributed by atoms with Gasteiger partial charge in [-0.25, -0.2) is 4.79 Å². The number of amides is 1. The summed E-state index contributed by atoms with van der Waals surface area (Å²) in [5.74, 6) is -0.565. The SMILES string of the molecule is CCOC(=O)c1c(NC(=O)CNc2cccc(Cl)c2C)sc2c1CCCC2. The van der Waals surface area contributed by atoms with E-state index in [1.807, 2.05) is 25.1 Å². The number of carbonyl (C=O) groups excluding carboxylic acids is 2. The van der Waals surface area contributed by atoms with Crippen LogP contribution in [0.3, 0.4) is 0 Å². The molecule has 1 aromatic heterocycles. The maximum atomic E-state index is 12.5. The lowest BCUT2D eigenvalue weighted by molar-refractivity contribution is -0.114. The van der Waals surface area contributed by atoms with Crippen molar-refractivity contribution in [2.75, 3.05) is 23.8 Å². The summed E-state index contributed by atoms with van der Waals surface area (Å²) in [5, 5.41) is 7.24. The molecule has 0 saturated carbocycles. The Kier molecular flexibility index (Phi) is 6.39. The van der Waals surface area contributed by atoms with Crippen LogP contribution in [-0.2, 0) is 22.4 Å². The number of thiophene rings is 1. The van der Waals surface area contributed by atoms with Crippen LogP contribution in [0.15, 0.2) is 18.2 Å². The summed E-state index contributed by atoms with van der Waals surface area (Å²) in [6.45, 7) is 4.08. The lowest BCUT2D eigenvalue weighted by atomic mass is 9.95. The molecule has 0 radical (unpaired) electrons. The van der Waals surface area contributed by atoms with Crippen LogP contribution >= 0.6 is 22.9 Å². The number of hydrogen-bond acceptors (Lipinski definition) is 5. The lowest BCUT2D eigenvalue weighted by Gasteiger charge is -2.13. The van der Waals surface area contributed by atoms with Crippen molar-refractivity contribution in [3.8, 4) is 0 Å². The molecule has 0 atom stereocenters. The molecule has 3 rings (SSSR count). The summed E-state index contributed by atoms with van der Waals surface area (Å²) >= 11 is 7.60. The average molecular weight is 407 g/mol. The third kappa shape index (κ3) is 4.45. The van der Waals surface area contributed by atoms with Crippen LogP contribution < -0.4 is 10.6 Å². The summed E-state index contributed by atoms with van der Waals surface area (Å²) < 4.78 is 5.22. The fraction of sp³-hybridized carbons (Fsp3) is 0.400. The minimum absolute atomic E-state index is 0.0893. The highest BCUT2D eigenvalue weighted by molar-refractivity contribution is 7.17. The van der Waals surface area contributed by atoms with Gasteiger partial charge in [0.15, 0.2) is 0 Å².